The van der Waals surface area contributed by atoms with E-state index < -0.39 is 86.7 Å². The van der Waals surface area contributed by atoms with Crippen molar-refractivity contribution < 1.29 is 156 Å². The number of nitrogens with one attached hydrogen (secondary N) is 1. The minimum Gasteiger partial charge on any atom is -0.748 e. The normalized spacial score (nSPS) is 17.2. The van der Waals surface area contributed by atoms with Crippen LogP contribution >= 0.6 is 0 Å². The molecule has 3 aromatic carbocycles. The van der Waals surface area contributed by atoms with Crippen molar-refractivity contribution in [3.8, 4) is 0 Å². The van der Waals surface area contributed by atoms with Crippen LogP contribution in [0.1, 0.15) is 125 Å². The standard InChI is InChI=1S/C51H61F2N3O12S3.3Na/c1-50(2)38-17-7-8-18-42(38)55(27-10-12-29-69(60,61)62)44(50)24-20-34-15-14-16-35(47(34)48-40(52)31-36(32-41(48)53)49(59)54-26-9-5-6-19-46(57)58)21-25-45-51(3,4)39-33-37(71(66,67)68)22-23-43(39)56(45)28-11-13-30-70(63,64)65;;;/h8,17-18,20-25,31-33H,5-6,9-16,19,26-30H2,1-4H3,(H,54,59)(H,57,58)(H,60,61,62)(H,63,64,65)(H,66,67,68);;;/q;3*+1/p-3. The quantitative estimate of drug-likeness (QED) is 0.0399. The van der Waals surface area contributed by atoms with E-state index in [2.05, 4.69) is 11.4 Å². The zero-order chi connectivity index (χ0) is 52.1. The molecular formula is C51H58F2N3Na3O12S3. The number of hydrogen-bond donors (Lipinski definition) is 2. The minimum absolute atomic E-state index is 0. The molecule has 1 aliphatic carbocycles. The topological polar surface area (TPSA) is 244 Å². The SMILES string of the molecule is CC1(C)C(/C=C/C2=C(c3c(F)cc(C(=O)NCCCCCC(=O)O)cc3F)C(=C/C=C3/N(CCCCS(=O)(=O)[O-])c4ccc(S(=O)(=O)[O-])cc4C3(C)C)/CCC2)=[N+](CCCCS(=O)(=O)[O-])c2cc[c-]cc21.[Na+].[Na+].[Na+]. The largest absolute Gasteiger partial charge is 1.00 e. The number of carbonyl (C=O) groups excluding carboxylic acids is 1. The van der Waals surface area contributed by atoms with Gasteiger partial charge in [0, 0.05) is 71.3 Å². The predicted molar refractivity (Wildman–Crippen MR) is 261 cm³/mol. The first-order valence-electron chi connectivity index (χ1n) is 23.4. The number of unbranched alkanes of at least 4 members (excludes halogenated alkanes) is 4. The number of hydrogen-bond acceptors (Lipinski definition) is 12. The number of carboxylic acid groups (broad SMARTS) is 1. The average Bonchev–Trinajstić information content (AvgIpc) is 3.62. The van der Waals surface area contributed by atoms with E-state index in [9.17, 15) is 48.5 Å². The van der Waals surface area contributed by atoms with Crippen LogP contribution in [0, 0.1) is 17.7 Å². The predicted octanol–water partition coefficient (Wildman–Crippen LogP) is -1.12. The van der Waals surface area contributed by atoms with Crippen molar-refractivity contribution in [1.82, 2.24) is 5.32 Å². The second kappa shape index (κ2) is 27.5. The molecule has 0 atom stereocenters. The maximum Gasteiger partial charge on any atom is 1.00 e. The summed E-state index contributed by atoms with van der Waals surface area (Å²) in [6.07, 6.45) is 10.5. The van der Waals surface area contributed by atoms with Crippen molar-refractivity contribution in [2.45, 2.75) is 114 Å². The number of nitrogens with zero attached hydrogens (tertiary/aromatic N) is 2. The summed E-state index contributed by atoms with van der Waals surface area (Å²) in [5, 5.41) is 11.6. The molecule has 0 unspecified atom stereocenters. The van der Waals surface area contributed by atoms with Gasteiger partial charge in [0.2, 0.25) is 0 Å². The zero-order valence-electron chi connectivity index (χ0n) is 43.1. The van der Waals surface area contributed by atoms with Gasteiger partial charge in [-0.25, -0.2) is 38.6 Å². The molecule has 74 heavy (non-hydrogen) atoms. The minimum atomic E-state index is -4.87. The molecule has 2 heterocycles. The van der Waals surface area contributed by atoms with E-state index >= 15 is 8.78 Å². The monoisotopic (exact) mass is 1110 g/mol. The fourth-order valence-electron chi connectivity index (χ4n) is 9.72. The van der Waals surface area contributed by atoms with Crippen molar-refractivity contribution in [3.05, 3.63) is 130 Å². The Morgan fingerprint density at radius 2 is 1.45 bits per heavy atom. The van der Waals surface area contributed by atoms with Gasteiger partial charge in [-0.3, -0.25) is 9.59 Å². The van der Waals surface area contributed by atoms with Gasteiger partial charge in [-0.05, 0) is 110 Å². The van der Waals surface area contributed by atoms with E-state index in [1.54, 1.807) is 24.3 Å². The summed E-state index contributed by atoms with van der Waals surface area (Å²) in [4.78, 5) is 25.5. The van der Waals surface area contributed by atoms with Gasteiger partial charge in [0.15, 0.2) is 5.71 Å². The van der Waals surface area contributed by atoms with E-state index in [4.69, 9.17) is 5.11 Å². The van der Waals surface area contributed by atoms with Gasteiger partial charge in [0.25, 0.3) is 5.91 Å². The molecule has 2 aliphatic heterocycles. The van der Waals surface area contributed by atoms with Crippen LogP contribution in [0.25, 0.3) is 5.57 Å². The zero-order valence-corrected chi connectivity index (χ0v) is 51.5. The van der Waals surface area contributed by atoms with Crippen molar-refractivity contribution >= 4 is 64.9 Å². The molecule has 1 amide bonds. The summed E-state index contributed by atoms with van der Waals surface area (Å²) in [5.74, 6) is -4.81. The van der Waals surface area contributed by atoms with E-state index in [0.29, 0.717) is 79.6 Å². The van der Waals surface area contributed by atoms with Crippen LogP contribution in [-0.2, 0) is 46.0 Å². The second-order valence-corrected chi connectivity index (χ2v) is 23.5. The number of rotatable bonds is 22. The Hall–Kier alpha value is -2.38. The maximum absolute atomic E-state index is 16.8. The summed E-state index contributed by atoms with van der Waals surface area (Å²) in [7, 11) is -13.8. The van der Waals surface area contributed by atoms with Crippen LogP contribution in [-0.4, -0.2) is 97.3 Å². The molecule has 0 radical (unpaired) electrons. The Bertz CT molecular complexity index is 3080. The van der Waals surface area contributed by atoms with Gasteiger partial charge in [-0.15, -0.1) is 6.07 Å². The van der Waals surface area contributed by atoms with E-state index in [0.717, 1.165) is 29.1 Å². The molecule has 23 heteroatoms. The molecule has 3 aliphatic rings. The van der Waals surface area contributed by atoms with Gasteiger partial charge < -0.3 is 29.0 Å². The van der Waals surface area contributed by atoms with Crippen LogP contribution in [0.3, 0.4) is 0 Å². The number of carboxylic acids is 1. The Morgan fingerprint density at radius 3 is 2.07 bits per heavy atom. The van der Waals surface area contributed by atoms with Crippen molar-refractivity contribution in [3.63, 3.8) is 0 Å². The smallest absolute Gasteiger partial charge is 0.748 e. The molecular weight excluding hydrogens is 1050 g/mol. The summed E-state index contributed by atoms with van der Waals surface area (Å²) < 4.78 is 141. The van der Waals surface area contributed by atoms with Gasteiger partial charge in [0.1, 0.15) is 34.0 Å². The summed E-state index contributed by atoms with van der Waals surface area (Å²) in [6.45, 7) is 8.35. The third kappa shape index (κ3) is 16.6. The van der Waals surface area contributed by atoms with Gasteiger partial charge in [-0.2, -0.15) is 18.2 Å². The van der Waals surface area contributed by atoms with Gasteiger partial charge >= 0.3 is 94.6 Å². The molecule has 0 aromatic heterocycles. The number of benzene rings is 3. The van der Waals surface area contributed by atoms with Crippen molar-refractivity contribution in [2.75, 3.05) is 36.0 Å². The number of allylic oxidation sites excluding steroid dienone is 8. The van der Waals surface area contributed by atoms with E-state index in [1.165, 1.54) is 18.2 Å². The molecule has 0 fully saturated rings. The molecule has 0 spiro atoms. The molecule has 3 aromatic rings. The first kappa shape index (κ1) is 65.9. The fourth-order valence-corrected chi connectivity index (χ4v) is 11.3. The van der Waals surface area contributed by atoms with E-state index in [-0.39, 0.29) is 139 Å². The third-order valence-corrected chi connectivity index (χ3v) is 15.7. The summed E-state index contributed by atoms with van der Waals surface area (Å²) in [6, 6.07) is 14.5. The van der Waals surface area contributed by atoms with Crippen LogP contribution in [0.15, 0.2) is 94.6 Å². The Morgan fingerprint density at radius 1 is 0.797 bits per heavy atom. The third-order valence-electron chi connectivity index (χ3n) is 13.3. The molecule has 15 nitrogen and oxygen atoms in total. The van der Waals surface area contributed by atoms with Crippen molar-refractivity contribution in [1.29, 1.82) is 0 Å². The number of amides is 1. The van der Waals surface area contributed by atoms with Crippen LogP contribution in [0.2, 0.25) is 0 Å². The Balaban J connectivity index is 0.00000481. The number of carbonyl (C=O) groups is 2. The first-order chi connectivity index (χ1) is 33.2. The fraction of sp³-hybridized carbons (Fsp3) is 0.431. The molecule has 2 N–H and O–H groups in total. The number of aliphatic carboxylic acids is 1. The number of halogens is 2. The summed E-state index contributed by atoms with van der Waals surface area (Å²) >= 11 is 0. The maximum atomic E-state index is 16.8. The molecule has 0 bridgehead atoms. The second-order valence-electron chi connectivity index (χ2n) is 19.1. The Kier molecular flexibility index (Phi) is 24.5. The van der Waals surface area contributed by atoms with Crippen LogP contribution < -0.4 is 98.9 Å². The number of fused-ring (bicyclic) bond motifs is 2. The Labute approximate surface area is 500 Å². The molecule has 384 valence electrons. The first-order valence-corrected chi connectivity index (χ1v) is 28.0. The molecule has 6 rings (SSSR count). The summed E-state index contributed by atoms with van der Waals surface area (Å²) in [5.41, 5.74) is 3.23. The van der Waals surface area contributed by atoms with Crippen molar-refractivity contribution in [2.24, 2.45) is 0 Å². The van der Waals surface area contributed by atoms with E-state index in [1.807, 2.05) is 55.4 Å². The molecule has 0 saturated carbocycles. The number of anilines is 1. The van der Waals surface area contributed by atoms with Crippen LogP contribution in [0.4, 0.5) is 20.2 Å². The van der Waals surface area contributed by atoms with Gasteiger partial charge in [0.05, 0.1) is 30.7 Å². The van der Waals surface area contributed by atoms with Crippen LogP contribution in [0.5, 0.6) is 0 Å². The average molecular weight is 1110 g/mol. The molecule has 0 saturated heterocycles. The van der Waals surface area contributed by atoms with Gasteiger partial charge in [-0.1, -0.05) is 51.8 Å².